The summed E-state index contributed by atoms with van der Waals surface area (Å²) in [5.41, 5.74) is 2.38. The molecule has 1 aromatic heterocycles. The van der Waals surface area contributed by atoms with Crippen molar-refractivity contribution in [3.63, 3.8) is 0 Å². The summed E-state index contributed by atoms with van der Waals surface area (Å²) in [5, 5.41) is 4.78. The summed E-state index contributed by atoms with van der Waals surface area (Å²) in [5.74, 6) is -0.123. The van der Waals surface area contributed by atoms with Gasteiger partial charge in [-0.3, -0.25) is 4.79 Å². The highest BCUT2D eigenvalue weighted by molar-refractivity contribution is 7.13. The second-order valence-electron chi connectivity index (χ2n) is 4.44. The van der Waals surface area contributed by atoms with Crippen LogP contribution >= 0.6 is 46.1 Å². The van der Waals surface area contributed by atoms with Crippen LogP contribution in [0.4, 0.5) is 0 Å². The van der Waals surface area contributed by atoms with Crippen molar-refractivity contribution in [3.8, 4) is 5.75 Å². The molecular weight excluding hydrogens is 379 g/mol. The topological polar surface area (TPSA) is 50.7 Å². The monoisotopic (exact) mass is 390 g/mol. The minimum Gasteiger partial charge on any atom is -0.482 e. The molecule has 0 aliphatic heterocycles. The third kappa shape index (κ3) is 5.39. The van der Waals surface area contributed by atoms with E-state index in [9.17, 15) is 4.79 Å². The maximum atomic E-state index is 11.7. The van der Waals surface area contributed by atoms with Crippen LogP contribution in [-0.4, -0.2) is 18.7 Å². The van der Waals surface area contributed by atoms with E-state index in [1.54, 1.807) is 17.6 Å². The van der Waals surface area contributed by atoms with Gasteiger partial charge in [0.05, 0.1) is 21.3 Å². The summed E-state index contributed by atoms with van der Waals surface area (Å²) >= 11 is 19.3. The van der Waals surface area contributed by atoms with Crippen molar-refractivity contribution >= 4 is 58.3 Å². The Hall–Kier alpha value is -1.27. The van der Waals surface area contributed by atoms with E-state index in [2.05, 4.69) is 17.5 Å². The van der Waals surface area contributed by atoms with E-state index in [0.717, 1.165) is 11.3 Å². The van der Waals surface area contributed by atoms with Crippen molar-refractivity contribution in [1.29, 1.82) is 0 Å². The zero-order valence-electron chi connectivity index (χ0n) is 12.1. The highest BCUT2D eigenvalue weighted by Crippen LogP contribution is 2.33. The lowest BCUT2D eigenvalue weighted by Crippen LogP contribution is -2.24. The minimum absolute atomic E-state index is 0.236. The van der Waals surface area contributed by atoms with Crippen molar-refractivity contribution in [2.75, 3.05) is 6.61 Å². The van der Waals surface area contributed by atoms with Gasteiger partial charge in [-0.25, -0.2) is 5.43 Å². The fourth-order valence-corrected chi connectivity index (χ4v) is 3.03. The molecule has 0 radical (unpaired) electrons. The molecule has 4 nitrogen and oxygen atoms in total. The highest BCUT2D eigenvalue weighted by Gasteiger charge is 2.09. The lowest BCUT2D eigenvalue weighted by Gasteiger charge is -2.08. The van der Waals surface area contributed by atoms with Gasteiger partial charge in [-0.05, 0) is 24.6 Å². The molecule has 1 heterocycles. The zero-order valence-corrected chi connectivity index (χ0v) is 15.2. The number of thiophene rings is 1. The van der Waals surface area contributed by atoms with Gasteiger partial charge in [-0.2, -0.15) is 5.10 Å². The number of hydrogen-bond donors (Lipinski definition) is 1. The van der Waals surface area contributed by atoms with Crippen LogP contribution in [0.25, 0.3) is 0 Å². The molecule has 0 atom stereocenters. The van der Waals surface area contributed by atoms with Crippen molar-refractivity contribution in [1.82, 2.24) is 5.43 Å². The van der Waals surface area contributed by atoms with Crippen LogP contribution in [0.5, 0.6) is 5.75 Å². The second-order valence-corrected chi connectivity index (χ2v) is 6.86. The van der Waals surface area contributed by atoms with Crippen LogP contribution in [0.1, 0.15) is 16.7 Å². The van der Waals surface area contributed by atoms with Gasteiger partial charge in [0.2, 0.25) is 0 Å². The summed E-state index contributed by atoms with van der Waals surface area (Å²) in [7, 11) is 0. The van der Waals surface area contributed by atoms with Crippen molar-refractivity contribution < 1.29 is 9.53 Å². The van der Waals surface area contributed by atoms with Crippen LogP contribution in [0.2, 0.25) is 15.1 Å². The molecule has 0 unspecified atom stereocenters. The third-order valence-corrected chi connectivity index (χ3v) is 4.93. The van der Waals surface area contributed by atoms with Gasteiger partial charge < -0.3 is 4.74 Å². The third-order valence-electron chi connectivity index (χ3n) is 2.75. The van der Waals surface area contributed by atoms with Gasteiger partial charge >= 0.3 is 0 Å². The predicted molar refractivity (Wildman–Crippen MR) is 96.4 cm³/mol. The number of hydrogen-bond acceptors (Lipinski definition) is 4. The van der Waals surface area contributed by atoms with Crippen LogP contribution < -0.4 is 10.2 Å². The van der Waals surface area contributed by atoms with E-state index in [0.29, 0.717) is 10.0 Å². The zero-order chi connectivity index (χ0) is 16.8. The first-order valence-electron chi connectivity index (χ1n) is 6.67. The lowest BCUT2D eigenvalue weighted by molar-refractivity contribution is -0.123. The maximum Gasteiger partial charge on any atom is 0.277 e. The normalized spacial score (nSPS) is 11.0. The predicted octanol–water partition coefficient (Wildman–Crippen LogP) is 4.80. The molecule has 1 N–H and O–H groups in total. The number of aryl methyl sites for hydroxylation is 1. The SMILES string of the molecule is CCc1ccc(/C=N/NC(=O)COc2cc(Cl)c(Cl)cc2Cl)s1. The maximum absolute atomic E-state index is 11.7. The van der Waals surface area contributed by atoms with Gasteiger partial charge in [0, 0.05) is 15.8 Å². The number of hydrazone groups is 1. The molecule has 1 aromatic carbocycles. The first-order chi connectivity index (χ1) is 11.0. The van der Waals surface area contributed by atoms with Gasteiger partial charge in [0.25, 0.3) is 5.91 Å². The molecular formula is C15H13Cl3N2O2S. The first-order valence-corrected chi connectivity index (χ1v) is 8.62. The first kappa shape index (κ1) is 18.1. The van der Waals surface area contributed by atoms with Gasteiger partial charge in [0.15, 0.2) is 6.61 Å². The highest BCUT2D eigenvalue weighted by atomic mass is 35.5. The minimum atomic E-state index is -0.407. The summed E-state index contributed by atoms with van der Waals surface area (Å²) in [6, 6.07) is 6.90. The number of nitrogens with zero attached hydrogens (tertiary/aromatic N) is 1. The summed E-state index contributed by atoms with van der Waals surface area (Å²) in [4.78, 5) is 13.9. The Morgan fingerprint density at radius 1 is 1.26 bits per heavy atom. The largest absolute Gasteiger partial charge is 0.482 e. The molecule has 0 aliphatic rings. The number of carbonyl (C=O) groups excluding carboxylic acids is 1. The lowest BCUT2D eigenvalue weighted by atomic mass is 10.3. The van der Waals surface area contributed by atoms with Crippen molar-refractivity contribution in [2.45, 2.75) is 13.3 Å². The molecule has 0 spiro atoms. The number of rotatable bonds is 6. The quantitative estimate of drug-likeness (QED) is 0.437. The number of amides is 1. The molecule has 122 valence electrons. The number of halogens is 3. The van der Waals surface area contributed by atoms with E-state index >= 15 is 0 Å². The molecule has 2 rings (SSSR count). The second kappa shape index (κ2) is 8.55. The number of nitrogens with one attached hydrogen (secondary N) is 1. The van der Waals surface area contributed by atoms with E-state index < -0.39 is 5.91 Å². The Kier molecular flexibility index (Phi) is 6.72. The number of carbonyl (C=O) groups is 1. The molecule has 1 amide bonds. The molecule has 0 bridgehead atoms. The van der Waals surface area contributed by atoms with Crippen molar-refractivity contribution in [2.24, 2.45) is 5.10 Å². The number of benzene rings is 1. The van der Waals surface area contributed by atoms with E-state index in [4.69, 9.17) is 39.5 Å². The molecule has 0 saturated heterocycles. The van der Waals surface area contributed by atoms with Crippen LogP contribution in [-0.2, 0) is 11.2 Å². The fraction of sp³-hybridized carbons (Fsp3) is 0.200. The Morgan fingerprint density at radius 3 is 2.70 bits per heavy atom. The number of ether oxygens (including phenoxy) is 1. The van der Waals surface area contributed by atoms with Crippen LogP contribution in [0, 0.1) is 0 Å². The summed E-state index contributed by atoms with van der Waals surface area (Å²) in [6.45, 7) is 1.85. The molecule has 2 aromatic rings. The summed E-state index contributed by atoms with van der Waals surface area (Å²) < 4.78 is 5.30. The molecule has 8 heteroatoms. The summed E-state index contributed by atoms with van der Waals surface area (Å²) in [6.07, 6.45) is 2.57. The van der Waals surface area contributed by atoms with E-state index in [-0.39, 0.29) is 17.4 Å². The van der Waals surface area contributed by atoms with Crippen molar-refractivity contribution in [3.05, 3.63) is 49.1 Å². The van der Waals surface area contributed by atoms with E-state index in [1.807, 2.05) is 12.1 Å². The smallest absolute Gasteiger partial charge is 0.277 e. The Bertz CT molecular complexity index is 732. The fourth-order valence-electron chi connectivity index (χ4n) is 1.61. The van der Waals surface area contributed by atoms with Gasteiger partial charge in [-0.15, -0.1) is 11.3 Å². The molecule has 0 fully saturated rings. The van der Waals surface area contributed by atoms with Crippen LogP contribution in [0.3, 0.4) is 0 Å². The molecule has 0 aliphatic carbocycles. The average molecular weight is 392 g/mol. The van der Waals surface area contributed by atoms with Gasteiger partial charge in [-0.1, -0.05) is 41.7 Å². The molecule has 0 saturated carbocycles. The Labute approximate surface area is 153 Å². The van der Waals surface area contributed by atoms with E-state index in [1.165, 1.54) is 17.0 Å². The molecule has 23 heavy (non-hydrogen) atoms. The van der Waals surface area contributed by atoms with Gasteiger partial charge in [0.1, 0.15) is 5.75 Å². The Morgan fingerprint density at radius 2 is 2.00 bits per heavy atom. The standard InChI is InChI=1S/C15H13Cl3N2O2S/c1-2-9-3-4-10(23-9)7-19-20-15(21)8-22-14-6-12(17)11(16)5-13(14)18/h3-7H,2,8H2,1H3,(H,20,21)/b19-7+. The Balaban J connectivity index is 1.84. The van der Waals surface area contributed by atoms with Crippen LogP contribution in [0.15, 0.2) is 29.4 Å². The average Bonchev–Trinajstić information content (AvgIpc) is 2.97.